The van der Waals surface area contributed by atoms with Gasteiger partial charge >= 0.3 is 0 Å². The Kier molecular flexibility index (Phi) is 5.05. The zero-order valence-corrected chi connectivity index (χ0v) is 27.3. The Balaban J connectivity index is 1.25. The number of furan rings is 1. The van der Waals surface area contributed by atoms with Crippen molar-refractivity contribution in [2.75, 3.05) is 0 Å². The van der Waals surface area contributed by atoms with Gasteiger partial charge in [-0.05, 0) is 106 Å². The van der Waals surface area contributed by atoms with Crippen LogP contribution in [0.25, 0.3) is 109 Å². The second-order valence-electron chi connectivity index (χ2n) is 13.2. The van der Waals surface area contributed by atoms with Gasteiger partial charge in [-0.2, -0.15) is 0 Å². The molecule has 11 rings (SSSR count). The van der Waals surface area contributed by atoms with Crippen LogP contribution in [0.1, 0.15) is 6.85 Å². The van der Waals surface area contributed by atoms with Crippen LogP contribution in [0.2, 0.25) is 0 Å². The Morgan fingerprint density at radius 2 is 0.980 bits per heavy atom. The lowest BCUT2D eigenvalue weighted by molar-refractivity contribution is 0.673. The average molecular weight is 652 g/mol. The molecule has 0 saturated carbocycles. The third-order valence-electron chi connectivity index (χ3n) is 10.4. The van der Waals surface area contributed by atoms with Crippen molar-refractivity contribution in [2.45, 2.75) is 0 Å². The number of hydrogen-bond donors (Lipinski definition) is 0. The highest BCUT2D eigenvalue weighted by molar-refractivity contribution is 6.28. The zero-order valence-electron chi connectivity index (χ0n) is 32.3. The summed E-state index contributed by atoms with van der Waals surface area (Å²) in [7, 11) is 0. The molecule has 0 aliphatic heterocycles. The van der Waals surface area contributed by atoms with E-state index in [4.69, 9.17) is 9.90 Å². The molecule has 0 radical (unpaired) electrons. The number of rotatable bonds is 3. The normalized spacial score (nSPS) is 13.3. The zero-order chi connectivity index (χ0) is 37.8. The molecule has 0 amide bonds. The molecule has 10 aromatic carbocycles. The van der Waals surface area contributed by atoms with Gasteiger partial charge in [-0.3, -0.25) is 0 Å². The second-order valence-corrected chi connectivity index (χ2v) is 13.2. The van der Waals surface area contributed by atoms with Gasteiger partial charge in [0.15, 0.2) is 0 Å². The van der Waals surface area contributed by atoms with Gasteiger partial charge in [-0.25, -0.2) is 0 Å². The maximum absolute atomic E-state index is 9.81. The van der Waals surface area contributed by atoms with Crippen molar-refractivity contribution in [3.05, 3.63) is 182 Å². The van der Waals surface area contributed by atoms with Gasteiger partial charge in [0, 0.05) is 16.2 Å². The topological polar surface area (TPSA) is 13.1 Å². The first kappa shape index (κ1) is 23.6. The minimum Gasteiger partial charge on any atom is -0.455 e. The lowest BCUT2D eigenvalue weighted by atomic mass is 9.85. The predicted octanol–water partition coefficient (Wildman–Crippen LogP) is 14.4. The van der Waals surface area contributed by atoms with Gasteiger partial charge in [-0.15, -0.1) is 0 Å². The molecule has 1 heterocycles. The Morgan fingerprint density at radius 1 is 0.392 bits per heavy atom. The summed E-state index contributed by atoms with van der Waals surface area (Å²) >= 11 is 0. The molecule has 1 aromatic heterocycles. The summed E-state index contributed by atoms with van der Waals surface area (Å²) in [4.78, 5) is 0. The summed E-state index contributed by atoms with van der Waals surface area (Å²) in [5, 5.41) is 10.7. The molecular weight excluding hydrogens is 617 g/mol. The molecule has 1 nitrogen and oxygen atoms in total. The van der Waals surface area contributed by atoms with Gasteiger partial charge in [-0.1, -0.05) is 158 Å². The van der Waals surface area contributed by atoms with E-state index in [-0.39, 0.29) is 41.0 Å². The van der Waals surface area contributed by atoms with Crippen LogP contribution in [0.3, 0.4) is 0 Å². The first-order valence-electron chi connectivity index (χ1n) is 19.7. The van der Waals surface area contributed by atoms with Crippen LogP contribution in [0.4, 0.5) is 0 Å². The Morgan fingerprint density at radius 3 is 1.73 bits per heavy atom. The molecule has 51 heavy (non-hydrogen) atoms. The highest BCUT2D eigenvalue weighted by Gasteiger charge is 2.20. The quantitative estimate of drug-likeness (QED) is 0.173. The Hall–Kier alpha value is -6.70. The summed E-state index contributed by atoms with van der Waals surface area (Å²) < 4.78 is 51.6. The molecule has 0 aliphatic rings. The van der Waals surface area contributed by atoms with E-state index in [1.165, 1.54) is 16.3 Å². The number of benzene rings is 10. The van der Waals surface area contributed by atoms with Gasteiger partial charge in [0.05, 0.1) is 6.85 Å². The molecule has 236 valence electrons. The first-order valence-corrected chi connectivity index (χ1v) is 17.2. The third kappa shape index (κ3) is 4.22. The van der Waals surface area contributed by atoms with Crippen molar-refractivity contribution in [3.63, 3.8) is 0 Å². The van der Waals surface area contributed by atoms with Gasteiger partial charge in [0.1, 0.15) is 11.2 Å². The highest BCUT2D eigenvalue weighted by Crippen LogP contribution is 2.47. The summed E-state index contributed by atoms with van der Waals surface area (Å²) in [6, 6.07) is 51.3. The minimum absolute atomic E-state index is 0.0358. The number of hydrogen-bond acceptors (Lipinski definition) is 1. The average Bonchev–Trinajstić information content (AvgIpc) is 3.63. The Labute approximate surface area is 301 Å². The molecule has 0 unspecified atom stereocenters. The molecule has 0 aliphatic carbocycles. The molecule has 0 atom stereocenters. The minimum atomic E-state index is -0.374. The van der Waals surface area contributed by atoms with Crippen molar-refractivity contribution >= 4 is 75.8 Å². The molecule has 0 N–H and O–H groups in total. The fourth-order valence-electron chi connectivity index (χ4n) is 8.19. The van der Waals surface area contributed by atoms with Crippen LogP contribution in [-0.4, -0.2) is 0 Å². The van der Waals surface area contributed by atoms with Crippen LogP contribution in [-0.2, 0) is 0 Å². The molecule has 0 fully saturated rings. The summed E-state index contributed by atoms with van der Waals surface area (Å²) in [6.07, 6.45) is 0. The van der Waals surface area contributed by atoms with Gasteiger partial charge < -0.3 is 4.42 Å². The maximum atomic E-state index is 9.81. The smallest absolute Gasteiger partial charge is 0.143 e. The summed E-state index contributed by atoms with van der Waals surface area (Å²) in [5.41, 5.74) is 6.65. The Bertz CT molecular complexity index is 3430. The van der Waals surface area contributed by atoms with E-state index < -0.39 is 0 Å². The predicted molar refractivity (Wildman–Crippen MR) is 218 cm³/mol. The highest BCUT2D eigenvalue weighted by atomic mass is 16.3. The van der Waals surface area contributed by atoms with Crippen LogP contribution in [0.15, 0.2) is 186 Å². The summed E-state index contributed by atoms with van der Waals surface area (Å²) in [5.74, 6) is 0. The van der Waals surface area contributed by atoms with E-state index in [1.807, 2.05) is 48.5 Å². The lowest BCUT2D eigenvalue weighted by Crippen LogP contribution is -1.91. The number of fused-ring (bicyclic) bond motifs is 10. The van der Waals surface area contributed by atoms with Gasteiger partial charge in [0.25, 0.3) is 0 Å². The molecular formula is C50H30O. The van der Waals surface area contributed by atoms with Crippen molar-refractivity contribution in [3.8, 4) is 33.4 Å². The fourth-order valence-corrected chi connectivity index (χ4v) is 8.19. The van der Waals surface area contributed by atoms with Crippen molar-refractivity contribution < 1.29 is 11.3 Å². The molecule has 0 bridgehead atoms. The van der Waals surface area contributed by atoms with Crippen LogP contribution < -0.4 is 0 Å². The molecule has 1 heteroatoms. The van der Waals surface area contributed by atoms with Crippen LogP contribution in [0.5, 0.6) is 0 Å². The van der Waals surface area contributed by atoms with E-state index in [9.17, 15) is 1.37 Å². The second kappa shape index (κ2) is 10.9. The van der Waals surface area contributed by atoms with Crippen LogP contribution in [0, 0.1) is 0 Å². The first-order chi connectivity index (χ1) is 27.4. The third-order valence-corrected chi connectivity index (χ3v) is 10.4. The standard InChI is InChI=1S/C50H30O/c1-2-14-33-28-37(25-24-31(33)12-1)47-42-22-9-7-20-40(42)46(41-21-8-10-23-43(41)47)36-17-11-16-34(29-36)44-30-35-15-4-6-19-39(35)50-49(44)48-38-18-5-3-13-32(38)26-27-45(48)51-50/h1-30H/i4D,6D,15D,19D,30D. The maximum Gasteiger partial charge on any atom is 0.143 e. The van der Waals surface area contributed by atoms with E-state index >= 15 is 0 Å². The van der Waals surface area contributed by atoms with E-state index in [0.29, 0.717) is 22.1 Å². The molecule has 0 spiro atoms. The molecule has 0 saturated heterocycles. The lowest BCUT2D eigenvalue weighted by Gasteiger charge is -2.18. The SMILES string of the molecule is [2H]c1c([2H])c([2H])c2c(c1[2H])c([2H])c(-c1cccc(-c3c4ccccc4c(-c4ccc5ccccc5c4)c4ccccc34)c1)c1c2oc2ccc3ccccc3c21. The monoisotopic (exact) mass is 651 g/mol. The largest absolute Gasteiger partial charge is 0.455 e. The molecule has 11 aromatic rings. The van der Waals surface area contributed by atoms with E-state index in [0.717, 1.165) is 60.0 Å². The van der Waals surface area contributed by atoms with Gasteiger partial charge in [0.2, 0.25) is 0 Å². The van der Waals surface area contributed by atoms with E-state index in [1.54, 1.807) is 0 Å². The van der Waals surface area contributed by atoms with Crippen molar-refractivity contribution in [1.29, 1.82) is 0 Å². The van der Waals surface area contributed by atoms with E-state index in [2.05, 4.69) is 103 Å². The fraction of sp³-hybridized carbons (Fsp3) is 0. The van der Waals surface area contributed by atoms with Crippen LogP contribution >= 0.6 is 0 Å². The van der Waals surface area contributed by atoms with Crippen molar-refractivity contribution in [1.82, 2.24) is 0 Å². The summed E-state index contributed by atoms with van der Waals surface area (Å²) in [6.45, 7) is 0. The van der Waals surface area contributed by atoms with Crippen molar-refractivity contribution in [2.24, 2.45) is 0 Å².